The van der Waals surface area contributed by atoms with Gasteiger partial charge >= 0.3 is 12.1 Å². The fraction of sp³-hybridized carbons (Fsp3) is 0.750. The first-order chi connectivity index (χ1) is 20.9. The first-order valence-corrected chi connectivity index (χ1v) is 15.8. The van der Waals surface area contributed by atoms with Crippen LogP contribution in [0.25, 0.3) is 0 Å². The fourth-order valence-electron chi connectivity index (χ4n) is 6.38. The van der Waals surface area contributed by atoms with Crippen molar-refractivity contribution in [3.05, 3.63) is 12.7 Å². The van der Waals surface area contributed by atoms with Crippen LogP contribution in [0.5, 0.6) is 0 Å². The highest BCUT2D eigenvalue weighted by Gasteiger charge is 2.70. The van der Waals surface area contributed by atoms with Gasteiger partial charge in [-0.15, -0.1) is 6.58 Å². The third-order valence-electron chi connectivity index (χ3n) is 9.53. The number of urea groups is 1. The summed E-state index contributed by atoms with van der Waals surface area (Å²) in [7, 11) is 2.85. The number of fused-ring (bicyclic) bond motifs is 1. The molecule has 0 aromatic heterocycles. The number of ether oxygens (including phenoxy) is 1. The molecule has 0 aromatic rings. The highest BCUT2D eigenvalue weighted by atomic mass is 16.5. The maximum absolute atomic E-state index is 14.2. The van der Waals surface area contributed by atoms with Crippen LogP contribution in [-0.4, -0.2) is 103 Å². The normalized spacial score (nSPS) is 23.5. The molecule has 1 unspecified atom stereocenters. The zero-order valence-electron chi connectivity index (χ0n) is 28.2. The minimum atomic E-state index is -0.981. The quantitative estimate of drug-likeness (QED) is 0.177. The van der Waals surface area contributed by atoms with Gasteiger partial charge in [0, 0.05) is 26.7 Å². The molecule has 4 N–H and O–H groups in total. The van der Waals surface area contributed by atoms with Crippen LogP contribution in [0.4, 0.5) is 9.59 Å². The molecule has 0 bridgehead atoms. The number of hydrogen-bond donors (Lipinski definition) is 4. The van der Waals surface area contributed by atoms with E-state index >= 15 is 0 Å². The van der Waals surface area contributed by atoms with E-state index in [0.29, 0.717) is 19.4 Å². The van der Waals surface area contributed by atoms with Gasteiger partial charge in [0.25, 0.3) is 5.91 Å². The second kappa shape index (κ2) is 13.8. The zero-order valence-corrected chi connectivity index (χ0v) is 28.2. The molecular weight excluding hydrogens is 580 g/mol. The van der Waals surface area contributed by atoms with Crippen LogP contribution in [0.1, 0.15) is 61.3 Å². The lowest BCUT2D eigenvalue weighted by Crippen LogP contribution is -2.62. The lowest BCUT2D eigenvalue weighted by Gasteiger charge is -2.38. The summed E-state index contributed by atoms with van der Waals surface area (Å²) in [6.45, 7) is 17.6. The first-order valence-electron chi connectivity index (χ1n) is 15.8. The molecule has 6 atom stereocenters. The Hall–Kier alpha value is -3.64. The molecule has 3 aliphatic rings. The summed E-state index contributed by atoms with van der Waals surface area (Å²) >= 11 is 0. The molecule has 2 saturated carbocycles. The molecule has 0 spiro atoms. The summed E-state index contributed by atoms with van der Waals surface area (Å²) in [5, 5.41) is 11.1. The van der Waals surface area contributed by atoms with E-state index in [1.54, 1.807) is 7.05 Å². The largest absolute Gasteiger partial charge is 0.453 e. The van der Waals surface area contributed by atoms with Crippen LogP contribution >= 0.6 is 0 Å². The van der Waals surface area contributed by atoms with Crippen LogP contribution in [0.15, 0.2) is 12.7 Å². The average Bonchev–Trinajstić information content (AvgIpc) is 3.83. The van der Waals surface area contributed by atoms with E-state index in [-0.39, 0.29) is 42.2 Å². The number of ketones is 1. The smallest absolute Gasteiger partial charge is 0.409 e. The molecule has 13 heteroatoms. The summed E-state index contributed by atoms with van der Waals surface area (Å²) in [4.78, 5) is 81.7. The third-order valence-corrected chi connectivity index (χ3v) is 9.53. The molecule has 0 radical (unpaired) electrons. The number of amides is 6. The van der Waals surface area contributed by atoms with Gasteiger partial charge in [0.2, 0.25) is 17.6 Å². The summed E-state index contributed by atoms with van der Waals surface area (Å²) in [5.74, 6) is -2.57. The number of nitrogens with zero attached hydrogens (tertiary/aromatic N) is 2. The van der Waals surface area contributed by atoms with E-state index in [1.807, 2.05) is 34.6 Å². The van der Waals surface area contributed by atoms with Crippen LogP contribution in [-0.2, 0) is 23.9 Å². The summed E-state index contributed by atoms with van der Waals surface area (Å²) in [6.07, 6.45) is 2.37. The van der Waals surface area contributed by atoms with E-state index in [0.717, 1.165) is 0 Å². The monoisotopic (exact) mass is 632 g/mol. The van der Waals surface area contributed by atoms with Crippen LogP contribution in [0.2, 0.25) is 0 Å². The maximum atomic E-state index is 14.2. The van der Waals surface area contributed by atoms with Gasteiger partial charge in [-0.2, -0.15) is 0 Å². The first kappa shape index (κ1) is 35.8. The molecule has 3 fully saturated rings. The predicted octanol–water partition coefficient (Wildman–Crippen LogP) is 1.67. The number of piperidine rings is 1. The van der Waals surface area contributed by atoms with Crippen LogP contribution < -0.4 is 21.3 Å². The molecular formula is C32H52N6O7. The van der Waals surface area contributed by atoms with E-state index < -0.39 is 65.2 Å². The Kier molecular flexibility index (Phi) is 11.0. The van der Waals surface area contributed by atoms with Gasteiger partial charge in [-0.3, -0.25) is 19.2 Å². The SMILES string of the molecule is C=CCNC(=O)C(=O)C(NC(=O)[C@@H]1[C@@H]2[C@H](CN1C(=O)[C@@H](NC(=O)N[C@H](CN(C)C(=O)OC)C(C)C)C(C)(C)C)C2(C)C)C1CC1. The van der Waals surface area contributed by atoms with Crippen molar-refractivity contribution in [2.75, 3.05) is 33.8 Å². The second-order valence-electron chi connectivity index (χ2n) is 14.7. The lowest BCUT2D eigenvalue weighted by atomic mass is 9.85. The van der Waals surface area contributed by atoms with Crippen molar-refractivity contribution in [3.63, 3.8) is 0 Å². The van der Waals surface area contributed by atoms with Gasteiger partial charge in [-0.05, 0) is 47.3 Å². The summed E-state index contributed by atoms with van der Waals surface area (Å²) < 4.78 is 4.77. The van der Waals surface area contributed by atoms with Crippen molar-refractivity contribution in [1.29, 1.82) is 0 Å². The van der Waals surface area contributed by atoms with Gasteiger partial charge in [0.15, 0.2) is 0 Å². The highest BCUT2D eigenvalue weighted by molar-refractivity contribution is 6.38. The number of carbonyl (C=O) groups is 6. The standard InChI is InChI=1S/C32H52N6O7/c1-11-14-33-27(41)24(39)22(18-12-13-18)35-26(40)23-21-19(32(21,7)8)15-38(23)28(42)25(31(4,5)6)36-29(43)34-20(17(2)3)16-37(9)30(44)45-10/h11,17-23,25H,1,12-16H2,2-10H3,(H,33,41)(H,35,40)(H2,34,36,43)/t19-,20+,21-,22?,23-,25+/m0/s1. The number of carbonyl (C=O) groups excluding carboxylic acids is 6. The molecule has 252 valence electrons. The van der Waals surface area contributed by atoms with E-state index in [1.165, 1.54) is 23.0 Å². The fourth-order valence-corrected chi connectivity index (χ4v) is 6.38. The molecule has 6 amide bonds. The van der Waals surface area contributed by atoms with Crippen LogP contribution in [0.3, 0.4) is 0 Å². The van der Waals surface area contributed by atoms with Crippen molar-refractivity contribution >= 4 is 35.6 Å². The predicted molar refractivity (Wildman–Crippen MR) is 168 cm³/mol. The van der Waals surface area contributed by atoms with Gasteiger partial charge in [-0.25, -0.2) is 9.59 Å². The molecule has 0 aromatic carbocycles. The summed E-state index contributed by atoms with van der Waals surface area (Å²) in [5.41, 5.74) is -0.902. The molecule has 1 heterocycles. The van der Waals surface area contributed by atoms with E-state index in [4.69, 9.17) is 4.74 Å². The van der Waals surface area contributed by atoms with E-state index in [2.05, 4.69) is 41.7 Å². The molecule has 3 rings (SSSR count). The number of methoxy groups -OCH3 is 1. The van der Waals surface area contributed by atoms with Crippen molar-refractivity contribution in [1.82, 2.24) is 31.1 Å². The Balaban J connectivity index is 1.79. The Morgan fingerprint density at radius 1 is 1.07 bits per heavy atom. The molecule has 2 aliphatic carbocycles. The average molecular weight is 633 g/mol. The van der Waals surface area contributed by atoms with Gasteiger partial charge in [0.1, 0.15) is 18.1 Å². The van der Waals surface area contributed by atoms with E-state index in [9.17, 15) is 28.8 Å². The number of nitrogens with one attached hydrogen (secondary N) is 4. The number of likely N-dealkylation sites (tertiary alicyclic amines) is 1. The lowest BCUT2D eigenvalue weighted by molar-refractivity contribution is -0.145. The highest BCUT2D eigenvalue weighted by Crippen LogP contribution is 2.65. The van der Waals surface area contributed by atoms with Crippen molar-refractivity contribution in [2.45, 2.75) is 85.5 Å². The Morgan fingerprint density at radius 2 is 1.69 bits per heavy atom. The molecule has 1 aliphatic heterocycles. The molecule has 1 saturated heterocycles. The van der Waals surface area contributed by atoms with Crippen molar-refractivity contribution in [2.24, 2.45) is 34.5 Å². The zero-order chi connectivity index (χ0) is 34.0. The number of Topliss-reactive ketones (excluding diaryl/α,β-unsaturated/α-hetero) is 1. The number of likely N-dealkylation sites (N-methyl/N-ethyl adjacent to an activating group) is 1. The maximum Gasteiger partial charge on any atom is 0.409 e. The minimum Gasteiger partial charge on any atom is -0.453 e. The Bertz CT molecular complexity index is 1190. The second-order valence-corrected chi connectivity index (χ2v) is 14.7. The topological polar surface area (TPSA) is 166 Å². The summed E-state index contributed by atoms with van der Waals surface area (Å²) in [6, 6.07) is -3.81. The van der Waals surface area contributed by atoms with Gasteiger partial charge in [0.05, 0.1) is 13.2 Å². The van der Waals surface area contributed by atoms with Crippen molar-refractivity contribution in [3.8, 4) is 0 Å². The molecule has 45 heavy (non-hydrogen) atoms. The Morgan fingerprint density at radius 3 is 2.20 bits per heavy atom. The van der Waals surface area contributed by atoms with Gasteiger partial charge < -0.3 is 35.8 Å². The van der Waals surface area contributed by atoms with Crippen molar-refractivity contribution < 1.29 is 33.5 Å². The minimum absolute atomic E-state index is 0.0337. The molecule has 13 nitrogen and oxygen atoms in total. The van der Waals surface area contributed by atoms with Gasteiger partial charge in [-0.1, -0.05) is 54.5 Å². The van der Waals surface area contributed by atoms with Crippen LogP contribution in [0, 0.1) is 34.5 Å². The Labute approximate surface area is 266 Å². The number of rotatable bonds is 13. The third kappa shape index (κ3) is 8.15. The number of hydrogen-bond acceptors (Lipinski definition) is 7.